The zero-order valence-corrected chi connectivity index (χ0v) is 9.62. The van der Waals surface area contributed by atoms with Crippen LogP contribution in [0, 0.1) is 5.92 Å². The summed E-state index contributed by atoms with van der Waals surface area (Å²) in [6, 6.07) is 7.86. The van der Waals surface area contributed by atoms with E-state index >= 15 is 0 Å². The fraction of sp³-hybridized carbons (Fsp3) is 0.462. The van der Waals surface area contributed by atoms with E-state index in [4.69, 9.17) is 0 Å². The van der Waals surface area contributed by atoms with Crippen molar-refractivity contribution < 1.29 is 4.79 Å². The lowest BCUT2D eigenvalue weighted by molar-refractivity contribution is 0.251. The molecule has 16 heavy (non-hydrogen) atoms. The standard InChI is InChI=1S/C13H18N2O/c1-2-10-4-3-5-12(8-10)15-13(16)14-9-11-6-7-11/h3-5,8,11H,2,6-7,9H2,1H3,(H2,14,15,16). The number of carbonyl (C=O) groups is 1. The second-order valence-corrected chi connectivity index (χ2v) is 4.33. The fourth-order valence-corrected chi connectivity index (χ4v) is 1.60. The van der Waals surface area contributed by atoms with Gasteiger partial charge in [-0.15, -0.1) is 0 Å². The molecule has 0 spiro atoms. The predicted octanol–water partition coefficient (Wildman–Crippen LogP) is 2.78. The molecule has 0 bridgehead atoms. The van der Waals surface area contributed by atoms with Crippen LogP contribution in [0.3, 0.4) is 0 Å². The van der Waals surface area contributed by atoms with Crippen molar-refractivity contribution in [2.45, 2.75) is 26.2 Å². The second kappa shape index (κ2) is 5.01. The lowest BCUT2D eigenvalue weighted by atomic mass is 10.1. The summed E-state index contributed by atoms with van der Waals surface area (Å²) in [5.41, 5.74) is 2.10. The molecule has 1 saturated carbocycles. The van der Waals surface area contributed by atoms with Gasteiger partial charge in [-0.25, -0.2) is 4.79 Å². The van der Waals surface area contributed by atoms with Gasteiger partial charge in [0.1, 0.15) is 0 Å². The maximum atomic E-state index is 11.5. The summed E-state index contributed by atoms with van der Waals surface area (Å²) in [5, 5.41) is 5.73. The molecule has 1 aliphatic carbocycles. The fourth-order valence-electron chi connectivity index (χ4n) is 1.60. The summed E-state index contributed by atoms with van der Waals surface area (Å²) < 4.78 is 0. The normalized spacial score (nSPS) is 14.6. The third-order valence-corrected chi connectivity index (χ3v) is 2.84. The number of rotatable bonds is 4. The van der Waals surface area contributed by atoms with Crippen LogP contribution in [0.1, 0.15) is 25.3 Å². The zero-order chi connectivity index (χ0) is 11.4. The largest absolute Gasteiger partial charge is 0.338 e. The van der Waals surface area contributed by atoms with Crippen molar-refractivity contribution in [1.82, 2.24) is 5.32 Å². The van der Waals surface area contributed by atoms with E-state index in [2.05, 4.69) is 23.6 Å². The van der Waals surface area contributed by atoms with E-state index in [0.717, 1.165) is 18.7 Å². The monoisotopic (exact) mass is 218 g/mol. The maximum Gasteiger partial charge on any atom is 0.319 e. The van der Waals surface area contributed by atoms with Crippen LogP contribution in [0.25, 0.3) is 0 Å². The third-order valence-electron chi connectivity index (χ3n) is 2.84. The average molecular weight is 218 g/mol. The van der Waals surface area contributed by atoms with Crippen molar-refractivity contribution >= 4 is 11.7 Å². The van der Waals surface area contributed by atoms with Gasteiger partial charge in [0, 0.05) is 12.2 Å². The van der Waals surface area contributed by atoms with Crippen LogP contribution >= 0.6 is 0 Å². The number of benzene rings is 1. The van der Waals surface area contributed by atoms with E-state index in [1.165, 1.54) is 18.4 Å². The van der Waals surface area contributed by atoms with Gasteiger partial charge in [0.15, 0.2) is 0 Å². The highest BCUT2D eigenvalue weighted by molar-refractivity contribution is 5.89. The van der Waals surface area contributed by atoms with Crippen molar-refractivity contribution in [1.29, 1.82) is 0 Å². The Balaban J connectivity index is 1.83. The molecule has 1 aromatic carbocycles. The van der Waals surface area contributed by atoms with Gasteiger partial charge in [-0.3, -0.25) is 0 Å². The number of amides is 2. The molecule has 1 aromatic rings. The summed E-state index contributed by atoms with van der Waals surface area (Å²) in [6.45, 7) is 2.91. The Hall–Kier alpha value is -1.51. The van der Waals surface area contributed by atoms with Crippen LogP contribution in [0.15, 0.2) is 24.3 Å². The summed E-state index contributed by atoms with van der Waals surface area (Å²) in [7, 11) is 0. The molecule has 2 amide bonds. The number of aryl methyl sites for hydroxylation is 1. The Morgan fingerprint density at radius 1 is 1.44 bits per heavy atom. The van der Waals surface area contributed by atoms with Crippen LogP contribution < -0.4 is 10.6 Å². The van der Waals surface area contributed by atoms with Crippen molar-refractivity contribution in [3.05, 3.63) is 29.8 Å². The van der Waals surface area contributed by atoms with Crippen LogP contribution in [0.2, 0.25) is 0 Å². The number of hydrogen-bond donors (Lipinski definition) is 2. The SMILES string of the molecule is CCc1cccc(NC(=O)NCC2CC2)c1. The molecule has 0 heterocycles. The molecule has 3 nitrogen and oxygen atoms in total. The lowest BCUT2D eigenvalue weighted by Gasteiger charge is -2.07. The second-order valence-electron chi connectivity index (χ2n) is 4.33. The first kappa shape index (κ1) is 11.0. The Morgan fingerprint density at radius 3 is 2.94 bits per heavy atom. The summed E-state index contributed by atoms with van der Waals surface area (Å²) in [6.07, 6.45) is 3.50. The first-order valence-corrected chi connectivity index (χ1v) is 5.91. The zero-order valence-electron chi connectivity index (χ0n) is 9.62. The van der Waals surface area contributed by atoms with Crippen LogP contribution in [-0.2, 0) is 6.42 Å². The summed E-state index contributed by atoms with van der Waals surface area (Å²) >= 11 is 0. The molecule has 0 atom stereocenters. The van der Waals surface area contributed by atoms with Crippen molar-refractivity contribution in [3.63, 3.8) is 0 Å². The minimum atomic E-state index is -0.0971. The van der Waals surface area contributed by atoms with E-state index < -0.39 is 0 Å². The number of carbonyl (C=O) groups excluding carboxylic acids is 1. The molecule has 0 saturated heterocycles. The Morgan fingerprint density at radius 2 is 2.25 bits per heavy atom. The van der Waals surface area contributed by atoms with Gasteiger partial charge in [0.05, 0.1) is 0 Å². The Bertz CT molecular complexity index is 372. The van der Waals surface area contributed by atoms with E-state index in [1.54, 1.807) is 0 Å². The van der Waals surface area contributed by atoms with Gasteiger partial charge >= 0.3 is 6.03 Å². The van der Waals surface area contributed by atoms with E-state index in [1.807, 2.05) is 18.2 Å². The molecular formula is C13H18N2O. The van der Waals surface area contributed by atoms with Crippen molar-refractivity contribution in [2.75, 3.05) is 11.9 Å². The topological polar surface area (TPSA) is 41.1 Å². The smallest absolute Gasteiger partial charge is 0.319 e. The molecule has 0 radical (unpaired) electrons. The number of hydrogen-bond acceptors (Lipinski definition) is 1. The Kier molecular flexibility index (Phi) is 3.44. The first-order chi connectivity index (χ1) is 7.78. The summed E-state index contributed by atoms with van der Waals surface area (Å²) in [4.78, 5) is 11.5. The minimum absolute atomic E-state index is 0.0971. The molecule has 1 fully saturated rings. The van der Waals surface area contributed by atoms with Gasteiger partial charge < -0.3 is 10.6 Å². The average Bonchev–Trinajstić information content (AvgIpc) is 3.10. The highest BCUT2D eigenvalue weighted by Crippen LogP contribution is 2.27. The van der Waals surface area contributed by atoms with Crippen LogP contribution in [0.4, 0.5) is 10.5 Å². The van der Waals surface area contributed by atoms with Crippen LogP contribution in [0.5, 0.6) is 0 Å². The van der Waals surface area contributed by atoms with Gasteiger partial charge in [-0.05, 0) is 42.9 Å². The highest BCUT2D eigenvalue weighted by Gasteiger charge is 2.21. The Labute approximate surface area is 96.2 Å². The van der Waals surface area contributed by atoms with Gasteiger partial charge in [-0.1, -0.05) is 19.1 Å². The minimum Gasteiger partial charge on any atom is -0.338 e. The van der Waals surface area contributed by atoms with Crippen LogP contribution in [-0.4, -0.2) is 12.6 Å². The molecule has 2 N–H and O–H groups in total. The maximum absolute atomic E-state index is 11.5. The van der Waals surface area contributed by atoms with Gasteiger partial charge in [0.25, 0.3) is 0 Å². The molecule has 0 aromatic heterocycles. The molecule has 0 aliphatic heterocycles. The molecular weight excluding hydrogens is 200 g/mol. The molecule has 1 aliphatic rings. The van der Waals surface area contributed by atoms with E-state index in [0.29, 0.717) is 5.92 Å². The molecule has 2 rings (SSSR count). The first-order valence-electron chi connectivity index (χ1n) is 5.91. The quantitative estimate of drug-likeness (QED) is 0.801. The van der Waals surface area contributed by atoms with Crippen molar-refractivity contribution in [3.8, 4) is 0 Å². The number of urea groups is 1. The molecule has 86 valence electrons. The van der Waals surface area contributed by atoms with E-state index in [-0.39, 0.29) is 6.03 Å². The predicted molar refractivity (Wildman–Crippen MR) is 65.6 cm³/mol. The lowest BCUT2D eigenvalue weighted by Crippen LogP contribution is -2.30. The van der Waals surface area contributed by atoms with E-state index in [9.17, 15) is 4.79 Å². The number of anilines is 1. The molecule has 3 heteroatoms. The number of nitrogens with one attached hydrogen (secondary N) is 2. The van der Waals surface area contributed by atoms with Gasteiger partial charge in [-0.2, -0.15) is 0 Å². The van der Waals surface area contributed by atoms with Crippen molar-refractivity contribution in [2.24, 2.45) is 5.92 Å². The summed E-state index contributed by atoms with van der Waals surface area (Å²) in [5.74, 6) is 0.715. The highest BCUT2D eigenvalue weighted by atomic mass is 16.2. The third kappa shape index (κ3) is 3.26. The molecule has 0 unspecified atom stereocenters. The van der Waals surface area contributed by atoms with Gasteiger partial charge in [0.2, 0.25) is 0 Å².